The highest BCUT2D eigenvalue weighted by Crippen LogP contribution is 2.50. The van der Waals surface area contributed by atoms with Gasteiger partial charge in [-0.05, 0) is 19.4 Å². The zero-order valence-electron chi connectivity index (χ0n) is 17.9. The maximum absolute atomic E-state index is 13.1. The molecule has 2 fully saturated rings. The number of ether oxygens (including phenoxy) is 1. The Labute approximate surface area is 180 Å². The molecule has 1 aliphatic heterocycles. The van der Waals surface area contributed by atoms with Crippen LogP contribution < -0.4 is 5.73 Å². The van der Waals surface area contributed by atoms with Crippen molar-refractivity contribution in [1.29, 1.82) is 0 Å². The van der Waals surface area contributed by atoms with E-state index in [1.165, 1.54) is 5.56 Å². The first kappa shape index (κ1) is 23.6. The molecule has 1 saturated carbocycles. The highest BCUT2D eigenvalue weighted by Gasteiger charge is 2.63. The van der Waals surface area contributed by atoms with Crippen LogP contribution in [-0.2, 0) is 20.7 Å². The van der Waals surface area contributed by atoms with E-state index in [4.69, 9.17) is 10.5 Å². The molecule has 3 rings (SSSR count). The van der Waals surface area contributed by atoms with E-state index in [0.717, 1.165) is 5.56 Å². The maximum atomic E-state index is 13.1. The molecular weight excluding hydrogens is 390 g/mol. The summed E-state index contributed by atoms with van der Waals surface area (Å²) < 4.78 is 5.73. The van der Waals surface area contributed by atoms with Crippen molar-refractivity contribution in [1.82, 2.24) is 9.80 Å². The lowest BCUT2D eigenvalue weighted by Crippen LogP contribution is -2.76. The Kier molecular flexibility index (Phi) is 7.36. The summed E-state index contributed by atoms with van der Waals surface area (Å²) in [5, 5.41) is 0. The Balaban J connectivity index is 0.00000300. The highest BCUT2D eigenvalue weighted by atomic mass is 35.5. The quantitative estimate of drug-likeness (QED) is 0.787. The number of amides is 2. The number of hydrogen-bond donors (Lipinski definition) is 1. The molecule has 1 aromatic carbocycles. The summed E-state index contributed by atoms with van der Waals surface area (Å²) >= 11 is 0. The van der Waals surface area contributed by atoms with Crippen LogP contribution in [0.25, 0.3) is 0 Å². The first-order valence-corrected chi connectivity index (χ1v) is 10.2. The molecule has 29 heavy (non-hydrogen) atoms. The third kappa shape index (κ3) is 4.44. The smallest absolute Gasteiger partial charge is 0.243 e. The third-order valence-electron chi connectivity index (χ3n) is 6.61. The Morgan fingerprint density at radius 1 is 1.10 bits per heavy atom. The fraction of sp³-hybridized carbons (Fsp3) is 0.636. The van der Waals surface area contributed by atoms with Gasteiger partial charge in [0.15, 0.2) is 0 Å². The molecule has 2 unspecified atom stereocenters. The van der Waals surface area contributed by atoms with E-state index in [1.54, 1.807) is 0 Å². The van der Waals surface area contributed by atoms with Crippen LogP contribution in [0.15, 0.2) is 24.3 Å². The van der Waals surface area contributed by atoms with Crippen molar-refractivity contribution in [3.8, 4) is 0 Å². The summed E-state index contributed by atoms with van der Waals surface area (Å²) in [6.07, 6.45) is 0.973. The van der Waals surface area contributed by atoms with Gasteiger partial charge in [0.2, 0.25) is 11.8 Å². The molecule has 1 aromatic rings. The number of nitrogens with zero attached hydrogens (tertiary/aromatic N) is 2. The number of benzene rings is 1. The number of rotatable bonds is 5. The van der Waals surface area contributed by atoms with Crippen LogP contribution in [0.1, 0.15) is 38.3 Å². The fourth-order valence-electron chi connectivity index (χ4n) is 4.23. The van der Waals surface area contributed by atoms with Crippen LogP contribution in [0.4, 0.5) is 0 Å². The Morgan fingerprint density at radius 2 is 1.66 bits per heavy atom. The van der Waals surface area contributed by atoms with Crippen molar-refractivity contribution >= 4 is 24.2 Å². The minimum atomic E-state index is -0.888. The van der Waals surface area contributed by atoms with E-state index in [9.17, 15) is 9.59 Å². The van der Waals surface area contributed by atoms with E-state index in [2.05, 4.69) is 0 Å². The van der Waals surface area contributed by atoms with E-state index < -0.39 is 11.0 Å². The summed E-state index contributed by atoms with van der Waals surface area (Å²) in [7, 11) is 0. The lowest BCUT2D eigenvalue weighted by molar-refractivity contribution is -0.180. The summed E-state index contributed by atoms with van der Waals surface area (Å²) in [6.45, 7) is 10.8. The van der Waals surface area contributed by atoms with Crippen LogP contribution in [0.3, 0.4) is 0 Å². The van der Waals surface area contributed by atoms with E-state index in [0.29, 0.717) is 45.6 Å². The van der Waals surface area contributed by atoms with Gasteiger partial charge in [0.05, 0.1) is 12.5 Å². The number of aryl methyl sites for hydroxylation is 1. The van der Waals surface area contributed by atoms with Crippen LogP contribution >= 0.6 is 12.4 Å². The number of hydrogen-bond acceptors (Lipinski definition) is 4. The minimum absolute atomic E-state index is 0. The number of piperazine rings is 1. The van der Waals surface area contributed by atoms with Gasteiger partial charge in [0.1, 0.15) is 5.54 Å². The number of carbonyl (C=O) groups is 2. The second kappa shape index (κ2) is 9.02. The molecule has 1 heterocycles. The summed E-state index contributed by atoms with van der Waals surface area (Å²) in [4.78, 5) is 29.4. The van der Waals surface area contributed by atoms with Gasteiger partial charge in [-0.2, -0.15) is 0 Å². The molecule has 162 valence electrons. The average molecular weight is 424 g/mol. The molecule has 7 heteroatoms. The van der Waals surface area contributed by atoms with Gasteiger partial charge in [-0.1, -0.05) is 43.7 Å². The normalized spacial score (nSPS) is 25.8. The van der Waals surface area contributed by atoms with Gasteiger partial charge < -0.3 is 20.3 Å². The van der Waals surface area contributed by atoms with Gasteiger partial charge in [-0.3, -0.25) is 9.59 Å². The van der Waals surface area contributed by atoms with Crippen LogP contribution in [0.2, 0.25) is 0 Å². The lowest BCUT2D eigenvalue weighted by atomic mass is 9.54. The Morgan fingerprint density at radius 3 is 2.17 bits per heavy atom. The summed E-state index contributed by atoms with van der Waals surface area (Å²) in [6, 6.07) is 8.04. The zero-order valence-corrected chi connectivity index (χ0v) is 18.8. The SMILES string of the molecule is CCOC1CC(N)(C(=O)N2CCN(C(=O)Cc3ccc(C)cc3)CC2)C1(C)C.Cl. The van der Waals surface area contributed by atoms with Crippen molar-refractivity contribution in [3.63, 3.8) is 0 Å². The first-order valence-electron chi connectivity index (χ1n) is 10.2. The van der Waals surface area contributed by atoms with Crippen LogP contribution in [-0.4, -0.2) is 66.0 Å². The zero-order chi connectivity index (χ0) is 20.5. The van der Waals surface area contributed by atoms with Crippen LogP contribution in [0, 0.1) is 12.3 Å². The molecule has 0 bridgehead atoms. The largest absolute Gasteiger partial charge is 0.378 e. The maximum Gasteiger partial charge on any atom is 0.243 e. The first-order chi connectivity index (χ1) is 13.2. The van der Waals surface area contributed by atoms with Crippen LogP contribution in [0.5, 0.6) is 0 Å². The second-order valence-corrected chi connectivity index (χ2v) is 8.68. The number of nitrogens with two attached hydrogens (primary N) is 1. The molecule has 2 N–H and O–H groups in total. The predicted molar refractivity (Wildman–Crippen MR) is 116 cm³/mol. The third-order valence-corrected chi connectivity index (χ3v) is 6.61. The van der Waals surface area contributed by atoms with Gasteiger partial charge in [0, 0.05) is 44.6 Å². The summed E-state index contributed by atoms with van der Waals surface area (Å²) in [5.41, 5.74) is 7.46. The van der Waals surface area contributed by atoms with Crippen molar-refractivity contribution < 1.29 is 14.3 Å². The van der Waals surface area contributed by atoms with Gasteiger partial charge in [-0.15, -0.1) is 12.4 Å². The molecule has 0 spiro atoms. The van der Waals surface area contributed by atoms with E-state index in [1.807, 2.05) is 61.8 Å². The minimum Gasteiger partial charge on any atom is -0.378 e. The van der Waals surface area contributed by atoms with Crippen molar-refractivity contribution in [2.45, 2.75) is 52.2 Å². The molecule has 6 nitrogen and oxygen atoms in total. The predicted octanol–water partition coefficient (Wildman–Crippen LogP) is 2.16. The Bertz CT molecular complexity index is 729. The standard InChI is InChI=1S/C22H33N3O3.ClH/c1-5-28-18-15-22(23,21(18,3)4)20(27)25-12-10-24(11-13-25)19(26)14-17-8-6-16(2)7-9-17;/h6-9,18H,5,10-15,23H2,1-4H3;1H. The number of carbonyl (C=O) groups excluding carboxylic acids is 2. The molecule has 0 radical (unpaired) electrons. The molecule has 2 aliphatic rings. The molecule has 2 atom stereocenters. The Hall–Kier alpha value is -1.63. The molecular formula is C22H34ClN3O3. The van der Waals surface area contributed by atoms with Crippen molar-refractivity contribution in [3.05, 3.63) is 35.4 Å². The lowest BCUT2D eigenvalue weighted by Gasteiger charge is -2.59. The molecule has 1 saturated heterocycles. The molecule has 0 aromatic heterocycles. The average Bonchev–Trinajstić information content (AvgIpc) is 2.69. The van der Waals surface area contributed by atoms with E-state index in [-0.39, 0.29) is 30.3 Å². The highest BCUT2D eigenvalue weighted by molar-refractivity contribution is 5.89. The van der Waals surface area contributed by atoms with Crippen molar-refractivity contribution in [2.24, 2.45) is 11.1 Å². The van der Waals surface area contributed by atoms with Crippen molar-refractivity contribution in [2.75, 3.05) is 32.8 Å². The van der Waals surface area contributed by atoms with E-state index >= 15 is 0 Å². The van der Waals surface area contributed by atoms with Gasteiger partial charge >= 0.3 is 0 Å². The second-order valence-electron chi connectivity index (χ2n) is 8.68. The fourth-order valence-corrected chi connectivity index (χ4v) is 4.23. The van der Waals surface area contributed by atoms with Gasteiger partial charge in [-0.25, -0.2) is 0 Å². The molecule has 1 aliphatic carbocycles. The summed E-state index contributed by atoms with van der Waals surface area (Å²) in [5.74, 6) is 0.0953. The van der Waals surface area contributed by atoms with Gasteiger partial charge in [0.25, 0.3) is 0 Å². The number of halogens is 1. The topological polar surface area (TPSA) is 75.9 Å². The molecule has 2 amide bonds. The monoisotopic (exact) mass is 423 g/mol.